The van der Waals surface area contributed by atoms with Gasteiger partial charge in [0.1, 0.15) is 18.2 Å². The fourth-order valence-electron chi connectivity index (χ4n) is 2.85. The summed E-state index contributed by atoms with van der Waals surface area (Å²) in [5.41, 5.74) is 2.01. The van der Waals surface area contributed by atoms with Gasteiger partial charge in [0, 0.05) is 21.2 Å². The van der Waals surface area contributed by atoms with Crippen molar-refractivity contribution in [2.24, 2.45) is 0 Å². The van der Waals surface area contributed by atoms with Crippen molar-refractivity contribution in [3.63, 3.8) is 0 Å². The van der Waals surface area contributed by atoms with Gasteiger partial charge in [0.2, 0.25) is 0 Å². The Morgan fingerprint density at radius 2 is 1.72 bits per heavy atom. The molecular formula is C21H12Br2Cl2N2O2. The highest BCUT2D eigenvalue weighted by molar-refractivity contribution is 9.11. The number of rotatable bonds is 4. The number of halogens is 4. The molecule has 0 fully saturated rings. The summed E-state index contributed by atoms with van der Waals surface area (Å²) in [6.45, 7) is 0.275. The predicted octanol–water partition coefficient (Wildman–Crippen LogP) is 7.00. The average Bonchev–Trinajstić information content (AvgIpc) is 2.68. The van der Waals surface area contributed by atoms with Crippen LogP contribution in [0.5, 0.6) is 5.75 Å². The lowest BCUT2D eigenvalue weighted by atomic mass is 10.2. The molecule has 0 unspecified atom stereocenters. The molecule has 1 heterocycles. The SMILES string of the molecule is O=c1[nH]c(-c2cc(Br)c(OCc3ccc(Cl)cc3Cl)c(Br)c2)nc2ccccc12. The van der Waals surface area contributed by atoms with E-state index in [9.17, 15) is 4.79 Å². The van der Waals surface area contributed by atoms with Gasteiger partial charge in [-0.15, -0.1) is 0 Å². The summed E-state index contributed by atoms with van der Waals surface area (Å²) in [6, 6.07) is 16.2. The van der Waals surface area contributed by atoms with Crippen LogP contribution in [0.1, 0.15) is 5.56 Å². The number of aromatic nitrogens is 2. The number of H-pyrrole nitrogens is 1. The molecule has 4 aromatic rings. The van der Waals surface area contributed by atoms with Crippen molar-refractivity contribution < 1.29 is 4.74 Å². The van der Waals surface area contributed by atoms with Crippen LogP contribution in [0, 0.1) is 0 Å². The van der Waals surface area contributed by atoms with E-state index >= 15 is 0 Å². The molecule has 0 saturated heterocycles. The molecule has 1 N–H and O–H groups in total. The molecule has 0 aliphatic heterocycles. The molecule has 8 heteroatoms. The molecule has 4 nitrogen and oxygen atoms in total. The zero-order valence-corrected chi connectivity index (χ0v) is 19.4. The monoisotopic (exact) mass is 552 g/mol. The third-order valence-electron chi connectivity index (χ3n) is 4.27. The highest BCUT2D eigenvalue weighted by Crippen LogP contribution is 2.38. The lowest BCUT2D eigenvalue weighted by Gasteiger charge is -2.13. The molecule has 3 aromatic carbocycles. The van der Waals surface area contributed by atoms with Crippen LogP contribution in [0.15, 0.2) is 68.3 Å². The number of aromatic amines is 1. The molecule has 0 aliphatic rings. The van der Waals surface area contributed by atoms with Gasteiger partial charge in [0.05, 0.1) is 19.8 Å². The number of para-hydroxylation sites is 1. The zero-order chi connectivity index (χ0) is 20.5. The maximum absolute atomic E-state index is 12.4. The van der Waals surface area contributed by atoms with E-state index in [-0.39, 0.29) is 12.2 Å². The summed E-state index contributed by atoms with van der Waals surface area (Å²) in [7, 11) is 0. The van der Waals surface area contributed by atoms with Crippen LogP contribution in [0.3, 0.4) is 0 Å². The minimum atomic E-state index is -0.185. The third kappa shape index (κ3) is 4.36. The molecule has 0 bridgehead atoms. The van der Waals surface area contributed by atoms with Crippen molar-refractivity contribution in [2.75, 3.05) is 0 Å². The Bertz CT molecular complexity index is 1270. The van der Waals surface area contributed by atoms with Crippen molar-refractivity contribution in [3.8, 4) is 17.1 Å². The maximum Gasteiger partial charge on any atom is 0.259 e. The van der Waals surface area contributed by atoms with E-state index in [0.29, 0.717) is 41.5 Å². The van der Waals surface area contributed by atoms with Gasteiger partial charge in [0.15, 0.2) is 0 Å². The molecule has 0 saturated carbocycles. The summed E-state index contributed by atoms with van der Waals surface area (Å²) in [6.07, 6.45) is 0. The topological polar surface area (TPSA) is 55.0 Å². The highest BCUT2D eigenvalue weighted by atomic mass is 79.9. The Balaban J connectivity index is 1.66. The van der Waals surface area contributed by atoms with Gasteiger partial charge in [-0.05, 0) is 68.3 Å². The Hall–Kier alpha value is -1.86. The van der Waals surface area contributed by atoms with E-state index in [1.54, 1.807) is 18.2 Å². The Labute approximate surface area is 193 Å². The average molecular weight is 555 g/mol. The number of hydrogen-bond donors (Lipinski definition) is 1. The van der Waals surface area contributed by atoms with Crippen molar-refractivity contribution >= 4 is 66.0 Å². The third-order valence-corrected chi connectivity index (χ3v) is 6.04. The first-order chi connectivity index (χ1) is 13.9. The van der Waals surface area contributed by atoms with Crippen molar-refractivity contribution in [1.29, 1.82) is 0 Å². The lowest BCUT2D eigenvalue weighted by Crippen LogP contribution is -2.09. The fraction of sp³-hybridized carbons (Fsp3) is 0.0476. The van der Waals surface area contributed by atoms with Crippen LogP contribution in [-0.2, 0) is 6.61 Å². The van der Waals surface area contributed by atoms with Gasteiger partial charge in [-0.2, -0.15) is 0 Å². The Kier molecular flexibility index (Phi) is 5.97. The normalized spacial score (nSPS) is 11.0. The molecule has 0 aliphatic carbocycles. The van der Waals surface area contributed by atoms with E-state index in [4.69, 9.17) is 27.9 Å². The van der Waals surface area contributed by atoms with E-state index in [2.05, 4.69) is 41.8 Å². The molecule has 0 amide bonds. The van der Waals surface area contributed by atoms with Crippen LogP contribution in [0.25, 0.3) is 22.3 Å². The quantitative estimate of drug-likeness (QED) is 0.295. The Morgan fingerprint density at radius 1 is 1.00 bits per heavy atom. The minimum Gasteiger partial charge on any atom is -0.486 e. The standard InChI is InChI=1S/C21H12Br2Cl2N2O2/c22-15-7-12(20-26-18-4-2-1-3-14(18)21(28)27-20)8-16(23)19(15)29-10-11-5-6-13(24)9-17(11)25/h1-9H,10H2,(H,26,27,28). The number of ether oxygens (including phenoxy) is 1. The van der Waals surface area contributed by atoms with Gasteiger partial charge in [-0.25, -0.2) is 4.98 Å². The zero-order valence-electron chi connectivity index (χ0n) is 14.7. The second kappa shape index (κ2) is 8.48. The van der Waals surface area contributed by atoms with Crippen LogP contribution < -0.4 is 10.3 Å². The number of nitrogens with one attached hydrogen (secondary N) is 1. The molecule has 0 spiro atoms. The summed E-state index contributed by atoms with van der Waals surface area (Å²) in [5.74, 6) is 1.09. The second-order valence-electron chi connectivity index (χ2n) is 6.23. The largest absolute Gasteiger partial charge is 0.486 e. The maximum atomic E-state index is 12.4. The van der Waals surface area contributed by atoms with Crippen molar-refractivity contribution in [1.82, 2.24) is 9.97 Å². The van der Waals surface area contributed by atoms with Crippen molar-refractivity contribution in [3.05, 3.63) is 89.5 Å². The first kappa shape index (κ1) is 20.4. The van der Waals surface area contributed by atoms with Gasteiger partial charge < -0.3 is 9.72 Å². The number of fused-ring (bicyclic) bond motifs is 1. The Morgan fingerprint density at radius 3 is 2.45 bits per heavy atom. The van der Waals surface area contributed by atoms with Gasteiger partial charge in [0.25, 0.3) is 5.56 Å². The summed E-state index contributed by atoms with van der Waals surface area (Å²) >= 11 is 19.2. The fourth-order valence-corrected chi connectivity index (χ4v) is 4.72. The molecule has 1 aromatic heterocycles. The van der Waals surface area contributed by atoms with Crippen LogP contribution in [0.2, 0.25) is 10.0 Å². The molecule has 146 valence electrons. The first-order valence-electron chi connectivity index (χ1n) is 8.47. The minimum absolute atomic E-state index is 0.185. The molecular weight excluding hydrogens is 543 g/mol. The summed E-state index contributed by atoms with van der Waals surface area (Å²) in [4.78, 5) is 19.8. The van der Waals surface area contributed by atoms with Crippen LogP contribution in [-0.4, -0.2) is 9.97 Å². The number of hydrogen-bond acceptors (Lipinski definition) is 3. The number of nitrogens with zero attached hydrogens (tertiary/aromatic N) is 1. The van der Waals surface area contributed by atoms with Gasteiger partial charge in [-0.3, -0.25) is 4.79 Å². The lowest BCUT2D eigenvalue weighted by molar-refractivity contribution is 0.302. The van der Waals surface area contributed by atoms with Gasteiger partial charge in [-0.1, -0.05) is 41.4 Å². The van der Waals surface area contributed by atoms with Gasteiger partial charge >= 0.3 is 0 Å². The highest BCUT2D eigenvalue weighted by Gasteiger charge is 2.14. The van der Waals surface area contributed by atoms with Crippen molar-refractivity contribution in [2.45, 2.75) is 6.61 Å². The summed E-state index contributed by atoms with van der Waals surface area (Å²) in [5, 5.41) is 1.66. The molecule has 0 radical (unpaired) electrons. The number of benzene rings is 3. The van der Waals surface area contributed by atoms with Crippen LogP contribution >= 0.6 is 55.1 Å². The van der Waals surface area contributed by atoms with E-state index in [1.165, 1.54) is 0 Å². The molecule has 4 rings (SSSR count). The van der Waals surface area contributed by atoms with E-state index in [0.717, 1.165) is 11.1 Å². The summed E-state index contributed by atoms with van der Waals surface area (Å²) < 4.78 is 7.37. The van der Waals surface area contributed by atoms with Crippen LogP contribution in [0.4, 0.5) is 0 Å². The molecule has 0 atom stereocenters. The predicted molar refractivity (Wildman–Crippen MR) is 124 cm³/mol. The van der Waals surface area contributed by atoms with E-state index < -0.39 is 0 Å². The second-order valence-corrected chi connectivity index (χ2v) is 8.78. The molecule has 29 heavy (non-hydrogen) atoms. The first-order valence-corrected chi connectivity index (χ1v) is 10.8. The smallest absolute Gasteiger partial charge is 0.259 e. The van der Waals surface area contributed by atoms with E-state index in [1.807, 2.05) is 36.4 Å².